The number of hydrogen-bond donors (Lipinski definition) is 1. The van der Waals surface area contributed by atoms with Crippen LogP contribution < -0.4 is 9.80 Å². The van der Waals surface area contributed by atoms with Gasteiger partial charge in [-0.1, -0.05) is 25.1 Å². The van der Waals surface area contributed by atoms with Crippen molar-refractivity contribution in [3.05, 3.63) is 54.1 Å². The average Bonchev–Trinajstić information content (AvgIpc) is 3.70. The Morgan fingerprint density at radius 1 is 1.12 bits per heavy atom. The summed E-state index contributed by atoms with van der Waals surface area (Å²) in [6.07, 6.45) is 0.165. The molecule has 0 radical (unpaired) electrons. The fraction of sp³-hybridized carbons (Fsp3) is 0.500. The first-order chi connectivity index (χ1) is 19.6. The number of carbonyl (C=O) groups excluding carboxylic acids is 3. The third-order valence-electron chi connectivity index (χ3n) is 9.22. The van der Waals surface area contributed by atoms with E-state index in [1.54, 1.807) is 41.1 Å². The molecule has 0 unspecified atom stereocenters. The maximum atomic E-state index is 16.2. The number of cyclic esters (lactones) is 1. The zero-order valence-electron chi connectivity index (χ0n) is 23.6. The summed E-state index contributed by atoms with van der Waals surface area (Å²) in [6, 6.07) is 14.3. The van der Waals surface area contributed by atoms with Gasteiger partial charge in [0.25, 0.3) is 5.91 Å². The summed E-state index contributed by atoms with van der Waals surface area (Å²) in [6.45, 7) is 6.12. The van der Waals surface area contributed by atoms with Crippen molar-refractivity contribution in [1.29, 1.82) is 0 Å². The van der Waals surface area contributed by atoms with Gasteiger partial charge in [-0.2, -0.15) is 0 Å². The van der Waals surface area contributed by atoms with E-state index < -0.39 is 37.7 Å². The molecule has 0 aliphatic carbocycles. The molecule has 1 N–H and O–H groups in total. The summed E-state index contributed by atoms with van der Waals surface area (Å²) in [4.78, 5) is 45.3. The number of fused-ring (bicyclic) bond motifs is 2. The van der Waals surface area contributed by atoms with E-state index in [1.807, 2.05) is 37.3 Å². The van der Waals surface area contributed by atoms with E-state index in [1.165, 1.54) is 4.90 Å². The second-order valence-electron chi connectivity index (χ2n) is 12.0. The van der Waals surface area contributed by atoms with Gasteiger partial charge in [0.1, 0.15) is 6.61 Å². The van der Waals surface area contributed by atoms with Crippen LogP contribution in [0.1, 0.15) is 31.7 Å². The molecule has 3 amide bonds. The highest BCUT2D eigenvalue weighted by molar-refractivity contribution is 6.72. The molecule has 0 bridgehead atoms. The van der Waals surface area contributed by atoms with Gasteiger partial charge in [0.2, 0.25) is 14.3 Å². The number of anilines is 3. The first-order valence-electron chi connectivity index (χ1n) is 14.3. The van der Waals surface area contributed by atoms with Crippen LogP contribution in [0.3, 0.4) is 0 Å². The number of carbonyl (C=O) groups is 3. The molecule has 2 aromatic rings. The third kappa shape index (κ3) is 4.36. The molecule has 4 aliphatic rings. The van der Waals surface area contributed by atoms with Gasteiger partial charge in [-0.05, 0) is 56.3 Å². The zero-order valence-corrected chi connectivity index (χ0v) is 24.6. The number of halogens is 1. The fourth-order valence-electron chi connectivity index (χ4n) is 7.43. The Morgan fingerprint density at radius 2 is 1.88 bits per heavy atom. The molecule has 0 saturated carbocycles. The van der Waals surface area contributed by atoms with Crippen LogP contribution >= 0.6 is 0 Å². The number of aliphatic hydroxyl groups is 1. The molecule has 0 aromatic heterocycles. The lowest BCUT2D eigenvalue weighted by molar-refractivity contribution is -0.149. The number of para-hydroxylation sites is 1. The molecule has 9 nitrogen and oxygen atoms in total. The second kappa shape index (κ2) is 10.2. The molecule has 3 saturated heterocycles. The standard InChI is InChI=1S/C30H36FN3O6Si/c1-19-27(41(2,3)31)25(17-26(36)32-13-7-10-22(32)18-35)40-30(19)23-16-21(33-14-15-39-29(33)38)11-12-24(23)34(28(30)37)20-8-5-4-6-9-20/h4-6,8-9,11-12,16,19,22,25,27,35H,7,10,13-15,17-18H2,1-3H3/t19-,22+,25+,27-,30+/m1/s1. The van der Waals surface area contributed by atoms with Gasteiger partial charge in [0.05, 0.1) is 37.4 Å². The molecule has 6 rings (SSSR count). The van der Waals surface area contributed by atoms with Gasteiger partial charge in [-0.15, -0.1) is 0 Å². The van der Waals surface area contributed by atoms with E-state index in [-0.39, 0.29) is 37.5 Å². The van der Waals surface area contributed by atoms with E-state index in [0.29, 0.717) is 35.7 Å². The van der Waals surface area contributed by atoms with Crippen LogP contribution in [-0.4, -0.2) is 74.8 Å². The number of rotatable bonds is 6. The van der Waals surface area contributed by atoms with Crippen LogP contribution in [0.4, 0.5) is 26.0 Å². The lowest BCUT2D eigenvalue weighted by atomic mass is 9.82. The number of ether oxygens (including phenoxy) is 2. The topological polar surface area (TPSA) is 99.6 Å². The van der Waals surface area contributed by atoms with Gasteiger partial charge < -0.3 is 23.6 Å². The van der Waals surface area contributed by atoms with Crippen LogP contribution in [0.2, 0.25) is 18.6 Å². The molecule has 218 valence electrons. The maximum absolute atomic E-state index is 16.2. The predicted molar refractivity (Wildman–Crippen MR) is 153 cm³/mol. The Kier molecular flexibility index (Phi) is 6.94. The highest BCUT2D eigenvalue weighted by atomic mass is 28.4. The van der Waals surface area contributed by atoms with Gasteiger partial charge >= 0.3 is 6.09 Å². The summed E-state index contributed by atoms with van der Waals surface area (Å²) in [5.41, 5.74) is 0.194. The molecule has 11 heteroatoms. The Balaban J connectivity index is 1.46. The summed E-state index contributed by atoms with van der Waals surface area (Å²) < 4.78 is 28.1. The minimum atomic E-state index is -3.48. The van der Waals surface area contributed by atoms with Crippen molar-refractivity contribution in [2.75, 3.05) is 36.1 Å². The molecule has 2 aromatic carbocycles. The Bertz CT molecular complexity index is 1370. The quantitative estimate of drug-likeness (QED) is 0.399. The zero-order chi connectivity index (χ0) is 29.1. The van der Waals surface area contributed by atoms with Crippen molar-refractivity contribution in [3.63, 3.8) is 0 Å². The number of nitrogens with zero attached hydrogens (tertiary/aromatic N) is 3. The summed E-state index contributed by atoms with van der Waals surface area (Å²) >= 11 is 0. The number of benzene rings is 2. The third-order valence-corrected chi connectivity index (χ3v) is 11.7. The van der Waals surface area contributed by atoms with Crippen molar-refractivity contribution < 1.29 is 33.1 Å². The van der Waals surface area contributed by atoms with Crippen LogP contribution in [0.15, 0.2) is 48.5 Å². The lowest BCUT2D eigenvalue weighted by Crippen LogP contribution is -2.44. The molecule has 1 spiro atoms. The largest absolute Gasteiger partial charge is 0.447 e. The van der Waals surface area contributed by atoms with Crippen LogP contribution in [0.5, 0.6) is 0 Å². The highest BCUT2D eigenvalue weighted by Crippen LogP contribution is 2.61. The minimum absolute atomic E-state index is 0.0697. The molecule has 41 heavy (non-hydrogen) atoms. The molecular formula is C30H36FN3O6Si. The number of likely N-dealkylation sites (tertiary alicyclic amines) is 1. The van der Waals surface area contributed by atoms with Crippen molar-refractivity contribution in [2.45, 2.75) is 62.6 Å². The Hall–Kier alpha value is -3.28. The SMILES string of the molecule is C[C@@H]1[C@@H]([Si](C)(C)F)[C@H](CC(=O)N2CCC[C@H]2CO)O[C@@]12C(=O)N(c1ccccc1)c1ccc(N3CCOC3=O)cc12. The first kappa shape index (κ1) is 27.9. The van der Waals surface area contributed by atoms with Crippen LogP contribution in [0, 0.1) is 5.92 Å². The van der Waals surface area contributed by atoms with Gasteiger partial charge in [0.15, 0.2) is 5.60 Å². The highest BCUT2D eigenvalue weighted by Gasteiger charge is 2.67. The number of amides is 3. The van der Waals surface area contributed by atoms with Crippen LogP contribution in [0.25, 0.3) is 0 Å². The van der Waals surface area contributed by atoms with E-state index in [2.05, 4.69) is 0 Å². The molecule has 3 fully saturated rings. The van der Waals surface area contributed by atoms with E-state index in [0.717, 1.165) is 12.8 Å². The Labute approximate surface area is 240 Å². The molecular weight excluding hydrogens is 545 g/mol. The maximum Gasteiger partial charge on any atom is 0.414 e. The Morgan fingerprint density at radius 3 is 2.54 bits per heavy atom. The number of hydrogen-bond acceptors (Lipinski definition) is 6. The fourth-order valence-corrected chi connectivity index (χ4v) is 9.93. The first-order valence-corrected chi connectivity index (χ1v) is 17.3. The summed E-state index contributed by atoms with van der Waals surface area (Å²) in [5.74, 6) is -1.11. The molecule has 5 atom stereocenters. The molecule has 4 heterocycles. The lowest BCUT2D eigenvalue weighted by Gasteiger charge is -2.31. The summed E-state index contributed by atoms with van der Waals surface area (Å²) in [7, 11) is -3.48. The van der Waals surface area contributed by atoms with Gasteiger partial charge in [-0.3, -0.25) is 19.4 Å². The van der Waals surface area contributed by atoms with Gasteiger partial charge in [-0.25, -0.2) is 4.79 Å². The van der Waals surface area contributed by atoms with Crippen molar-refractivity contribution in [3.8, 4) is 0 Å². The molecule has 4 aliphatic heterocycles. The van der Waals surface area contributed by atoms with E-state index in [4.69, 9.17) is 9.47 Å². The average molecular weight is 582 g/mol. The van der Waals surface area contributed by atoms with Crippen LogP contribution in [-0.2, 0) is 24.7 Å². The monoisotopic (exact) mass is 581 g/mol. The second-order valence-corrected chi connectivity index (χ2v) is 15.8. The smallest absolute Gasteiger partial charge is 0.414 e. The summed E-state index contributed by atoms with van der Waals surface area (Å²) in [5, 5.41) is 9.79. The van der Waals surface area contributed by atoms with Gasteiger partial charge in [0, 0.05) is 34.9 Å². The normalized spacial score (nSPS) is 29.5. The van der Waals surface area contributed by atoms with Crippen molar-refractivity contribution >= 4 is 43.4 Å². The van der Waals surface area contributed by atoms with E-state index in [9.17, 15) is 19.5 Å². The van der Waals surface area contributed by atoms with Crippen molar-refractivity contribution in [1.82, 2.24) is 4.90 Å². The number of aliphatic hydroxyl groups excluding tert-OH is 1. The predicted octanol–water partition coefficient (Wildman–Crippen LogP) is 4.47. The van der Waals surface area contributed by atoms with Crippen molar-refractivity contribution in [2.24, 2.45) is 5.92 Å². The minimum Gasteiger partial charge on any atom is -0.447 e. The van der Waals surface area contributed by atoms with E-state index >= 15 is 4.11 Å².